The van der Waals surface area contributed by atoms with Gasteiger partial charge in [-0.25, -0.2) is 5.43 Å². The van der Waals surface area contributed by atoms with Crippen LogP contribution in [-0.4, -0.2) is 55.6 Å². The minimum atomic E-state index is 0.305. The van der Waals surface area contributed by atoms with Gasteiger partial charge >= 0.3 is 0 Å². The summed E-state index contributed by atoms with van der Waals surface area (Å²) in [5, 5.41) is 10.3. The Kier molecular flexibility index (Phi) is 7.41. The number of rotatable bonds is 10. The average Bonchev–Trinajstić information content (AvgIpc) is 2.68. The Morgan fingerprint density at radius 1 is 0.852 bits per heavy atom. The lowest BCUT2D eigenvalue weighted by Crippen LogP contribution is -2.10. The maximum atomic E-state index is 5.39. The highest BCUT2D eigenvalue weighted by Crippen LogP contribution is 2.32. The van der Waals surface area contributed by atoms with Crippen LogP contribution < -0.4 is 30.3 Å². The summed E-state index contributed by atoms with van der Waals surface area (Å²) >= 11 is 0. The summed E-state index contributed by atoms with van der Waals surface area (Å²) in [7, 11) is 4.71. The molecule has 0 aliphatic heterocycles. The van der Waals surface area contributed by atoms with E-state index in [1.165, 1.54) is 0 Å². The Bertz CT molecular complexity index is 734. The van der Waals surface area contributed by atoms with Gasteiger partial charge in [0.15, 0.2) is 0 Å². The van der Waals surface area contributed by atoms with Crippen molar-refractivity contribution in [2.24, 2.45) is 5.10 Å². The van der Waals surface area contributed by atoms with Gasteiger partial charge in [-0.15, -0.1) is 0 Å². The molecule has 3 N–H and O–H groups in total. The Hall–Kier alpha value is -3.30. The maximum absolute atomic E-state index is 5.39. The van der Waals surface area contributed by atoms with Crippen molar-refractivity contribution in [3.05, 3.63) is 17.7 Å². The van der Waals surface area contributed by atoms with Crippen LogP contribution in [0.4, 0.5) is 17.8 Å². The molecule has 0 aliphatic carbocycles. The first-order valence-electron chi connectivity index (χ1n) is 8.48. The number of aromatic nitrogens is 3. The van der Waals surface area contributed by atoms with E-state index in [0.717, 1.165) is 0 Å². The quantitative estimate of drug-likeness (QED) is 0.424. The Morgan fingerprint density at radius 3 is 1.81 bits per heavy atom. The Labute approximate surface area is 158 Å². The molecule has 27 heavy (non-hydrogen) atoms. The topological polar surface area (TPSA) is 115 Å². The van der Waals surface area contributed by atoms with Crippen LogP contribution in [0.25, 0.3) is 0 Å². The third-order valence-electron chi connectivity index (χ3n) is 3.42. The number of hydrogen-bond donors (Lipinski definition) is 3. The van der Waals surface area contributed by atoms with E-state index in [1.807, 2.05) is 13.8 Å². The third-order valence-corrected chi connectivity index (χ3v) is 3.42. The highest BCUT2D eigenvalue weighted by Gasteiger charge is 2.11. The average molecular weight is 375 g/mol. The molecular weight excluding hydrogens is 350 g/mol. The summed E-state index contributed by atoms with van der Waals surface area (Å²) < 4.78 is 16.0. The fraction of sp³-hybridized carbons (Fsp3) is 0.412. The Balaban J connectivity index is 2.26. The summed E-state index contributed by atoms with van der Waals surface area (Å²) in [5.74, 6) is 2.97. The Morgan fingerprint density at radius 2 is 1.37 bits per heavy atom. The lowest BCUT2D eigenvalue weighted by atomic mass is 10.2. The van der Waals surface area contributed by atoms with Gasteiger partial charge in [-0.05, 0) is 13.8 Å². The van der Waals surface area contributed by atoms with Crippen molar-refractivity contribution in [1.82, 2.24) is 15.0 Å². The molecule has 10 nitrogen and oxygen atoms in total. The van der Waals surface area contributed by atoms with Gasteiger partial charge in [0, 0.05) is 25.2 Å². The number of nitrogens with one attached hydrogen (secondary N) is 3. The number of ether oxygens (including phenoxy) is 3. The summed E-state index contributed by atoms with van der Waals surface area (Å²) in [6.07, 6.45) is 1.57. The molecule has 0 spiro atoms. The lowest BCUT2D eigenvalue weighted by molar-refractivity contribution is 0.374. The summed E-state index contributed by atoms with van der Waals surface area (Å²) in [4.78, 5) is 12.8. The van der Waals surface area contributed by atoms with Gasteiger partial charge in [-0.3, -0.25) is 0 Å². The molecule has 0 aliphatic rings. The SMILES string of the molecule is CCNc1nc(NCC)nc(N/N=C/c2c(OC)cc(OC)cc2OC)n1. The summed E-state index contributed by atoms with van der Waals surface area (Å²) in [6.45, 7) is 5.31. The van der Waals surface area contributed by atoms with E-state index in [-0.39, 0.29) is 0 Å². The molecule has 2 aromatic rings. The first-order chi connectivity index (χ1) is 13.1. The second-order valence-electron chi connectivity index (χ2n) is 5.18. The normalized spacial score (nSPS) is 10.6. The van der Waals surface area contributed by atoms with Gasteiger partial charge in [0.2, 0.25) is 17.8 Å². The second kappa shape index (κ2) is 10.00. The van der Waals surface area contributed by atoms with Crippen LogP contribution in [0.2, 0.25) is 0 Å². The minimum Gasteiger partial charge on any atom is -0.496 e. The number of hydrazone groups is 1. The maximum Gasteiger partial charge on any atom is 0.250 e. The lowest BCUT2D eigenvalue weighted by Gasteiger charge is -2.12. The summed E-state index contributed by atoms with van der Waals surface area (Å²) in [5.41, 5.74) is 3.46. The smallest absolute Gasteiger partial charge is 0.250 e. The van der Waals surface area contributed by atoms with Gasteiger partial charge in [0.25, 0.3) is 0 Å². The van der Waals surface area contributed by atoms with Crippen molar-refractivity contribution in [2.45, 2.75) is 13.8 Å². The molecular formula is C17H25N7O3. The van der Waals surface area contributed by atoms with E-state index in [0.29, 0.717) is 53.7 Å². The van der Waals surface area contributed by atoms with Crippen molar-refractivity contribution in [2.75, 3.05) is 50.5 Å². The number of anilines is 3. The van der Waals surface area contributed by atoms with Crippen molar-refractivity contribution in [3.63, 3.8) is 0 Å². The summed E-state index contributed by atoms with van der Waals surface area (Å²) in [6, 6.07) is 3.50. The molecule has 0 fully saturated rings. The van der Waals surface area contributed by atoms with Gasteiger partial charge in [0.05, 0.1) is 33.1 Å². The van der Waals surface area contributed by atoms with Gasteiger partial charge in [-0.1, -0.05) is 0 Å². The molecule has 0 bridgehead atoms. The van der Waals surface area contributed by atoms with E-state index in [9.17, 15) is 0 Å². The first-order valence-corrected chi connectivity index (χ1v) is 8.48. The first kappa shape index (κ1) is 20.0. The van der Waals surface area contributed by atoms with E-state index in [1.54, 1.807) is 39.7 Å². The molecule has 0 atom stereocenters. The van der Waals surface area contributed by atoms with E-state index >= 15 is 0 Å². The molecule has 0 saturated carbocycles. The van der Waals surface area contributed by atoms with Gasteiger partial charge in [0.1, 0.15) is 17.2 Å². The largest absolute Gasteiger partial charge is 0.496 e. The van der Waals surface area contributed by atoms with Crippen LogP contribution in [0.15, 0.2) is 17.2 Å². The highest BCUT2D eigenvalue weighted by atomic mass is 16.5. The molecule has 10 heteroatoms. The molecule has 2 rings (SSSR count). The van der Waals surface area contributed by atoms with Crippen LogP contribution in [0.3, 0.4) is 0 Å². The third kappa shape index (κ3) is 5.33. The van der Waals surface area contributed by atoms with Crippen molar-refractivity contribution >= 4 is 24.1 Å². The number of hydrogen-bond acceptors (Lipinski definition) is 10. The monoisotopic (exact) mass is 375 g/mol. The molecule has 1 aromatic heterocycles. The van der Waals surface area contributed by atoms with Crippen LogP contribution in [-0.2, 0) is 0 Å². The fourth-order valence-corrected chi connectivity index (χ4v) is 2.21. The predicted molar refractivity (Wildman–Crippen MR) is 105 cm³/mol. The molecule has 0 unspecified atom stereocenters. The molecule has 0 saturated heterocycles. The fourth-order valence-electron chi connectivity index (χ4n) is 2.21. The van der Waals surface area contributed by atoms with Gasteiger partial charge in [-0.2, -0.15) is 20.1 Å². The van der Waals surface area contributed by atoms with E-state index in [4.69, 9.17) is 14.2 Å². The molecule has 1 heterocycles. The number of benzene rings is 1. The van der Waals surface area contributed by atoms with Crippen LogP contribution in [0, 0.1) is 0 Å². The van der Waals surface area contributed by atoms with E-state index < -0.39 is 0 Å². The van der Waals surface area contributed by atoms with Crippen molar-refractivity contribution in [1.29, 1.82) is 0 Å². The molecule has 1 aromatic carbocycles. The van der Waals surface area contributed by atoms with Crippen LogP contribution in [0.5, 0.6) is 17.2 Å². The zero-order chi connectivity index (χ0) is 19.6. The van der Waals surface area contributed by atoms with Gasteiger partial charge < -0.3 is 24.8 Å². The standard InChI is InChI=1S/C17H25N7O3/c1-6-18-15-21-16(19-7-2)23-17(22-15)24-20-10-12-13(26-4)8-11(25-3)9-14(12)27-5/h8-10H,6-7H2,1-5H3,(H3,18,19,21,22,23,24)/b20-10+. The van der Waals surface area contributed by atoms with Crippen LogP contribution >= 0.6 is 0 Å². The second-order valence-corrected chi connectivity index (χ2v) is 5.18. The van der Waals surface area contributed by atoms with Crippen molar-refractivity contribution < 1.29 is 14.2 Å². The number of nitrogens with zero attached hydrogens (tertiary/aromatic N) is 4. The predicted octanol–water partition coefficient (Wildman–Crippen LogP) is 2.21. The van der Waals surface area contributed by atoms with E-state index in [2.05, 4.69) is 36.1 Å². The zero-order valence-electron chi connectivity index (χ0n) is 16.2. The van der Waals surface area contributed by atoms with Crippen LogP contribution in [0.1, 0.15) is 19.4 Å². The number of methoxy groups -OCH3 is 3. The highest BCUT2D eigenvalue weighted by molar-refractivity contribution is 5.88. The minimum absolute atomic E-state index is 0.305. The molecule has 0 amide bonds. The molecule has 146 valence electrons. The van der Waals surface area contributed by atoms with Crippen molar-refractivity contribution in [3.8, 4) is 17.2 Å². The zero-order valence-corrected chi connectivity index (χ0v) is 16.2. The molecule has 0 radical (unpaired) electrons.